The lowest BCUT2D eigenvalue weighted by Crippen LogP contribution is -2.64. The van der Waals surface area contributed by atoms with Crippen LogP contribution in [0.1, 0.15) is 46.6 Å². The number of carbonyl (C=O) groups is 1. The number of fused-ring (bicyclic) bond motifs is 2. The zero-order valence-electron chi connectivity index (χ0n) is 23.8. The SMILES string of the molecule is N#Cc1ccc(COc2cccc(N3CCN(Cc4nc5c(F)cc(C(=O)O)cc5n4C[C@@H]4CCO4)[C@H]4CC[C@@H]43)n2)c(F)c1. The predicted molar refractivity (Wildman–Crippen MR) is 155 cm³/mol. The molecule has 2 aliphatic heterocycles. The van der Waals surface area contributed by atoms with E-state index in [1.807, 2.05) is 22.8 Å². The highest BCUT2D eigenvalue weighted by Gasteiger charge is 2.44. The number of rotatable bonds is 9. The summed E-state index contributed by atoms with van der Waals surface area (Å²) in [6, 6.07) is 14.8. The maximum Gasteiger partial charge on any atom is 0.335 e. The Hall–Kier alpha value is -4.60. The van der Waals surface area contributed by atoms with E-state index in [9.17, 15) is 18.7 Å². The van der Waals surface area contributed by atoms with Gasteiger partial charge in [0.25, 0.3) is 0 Å². The summed E-state index contributed by atoms with van der Waals surface area (Å²) in [6.07, 6.45) is 2.87. The van der Waals surface area contributed by atoms with Gasteiger partial charge in [0.05, 0.1) is 41.9 Å². The molecule has 3 aliphatic rings. The molecule has 7 rings (SSSR count). The smallest absolute Gasteiger partial charge is 0.335 e. The molecule has 3 atom stereocenters. The number of pyridine rings is 1. The second kappa shape index (κ2) is 11.5. The zero-order chi connectivity index (χ0) is 30.4. The van der Waals surface area contributed by atoms with Gasteiger partial charge >= 0.3 is 5.97 Å². The molecule has 10 nitrogen and oxygen atoms in total. The largest absolute Gasteiger partial charge is 0.478 e. The lowest BCUT2D eigenvalue weighted by Gasteiger charge is -2.54. The van der Waals surface area contributed by atoms with Crippen molar-refractivity contribution in [2.75, 3.05) is 24.6 Å². The normalized spacial score (nSPS) is 21.3. The molecular formula is C32H30F2N6O4. The van der Waals surface area contributed by atoms with Gasteiger partial charge in [0, 0.05) is 43.4 Å². The van der Waals surface area contributed by atoms with Crippen LogP contribution in [0.3, 0.4) is 0 Å². The Balaban J connectivity index is 1.08. The summed E-state index contributed by atoms with van der Waals surface area (Å²) >= 11 is 0. The second-order valence-corrected chi connectivity index (χ2v) is 11.5. The zero-order valence-corrected chi connectivity index (χ0v) is 23.8. The lowest BCUT2D eigenvalue weighted by atomic mass is 9.81. The number of aromatic carboxylic acids is 1. The first-order valence-electron chi connectivity index (χ1n) is 14.7. The van der Waals surface area contributed by atoms with E-state index in [1.54, 1.807) is 18.2 Å². The molecule has 0 spiro atoms. The monoisotopic (exact) mass is 600 g/mol. The number of anilines is 1. The maximum atomic E-state index is 15.0. The highest BCUT2D eigenvalue weighted by molar-refractivity contribution is 5.92. The molecule has 44 heavy (non-hydrogen) atoms. The number of aromatic nitrogens is 3. The van der Waals surface area contributed by atoms with Gasteiger partial charge in [-0.05, 0) is 49.6 Å². The Labute approximate surface area is 252 Å². The lowest BCUT2D eigenvalue weighted by molar-refractivity contribution is -0.0594. The van der Waals surface area contributed by atoms with E-state index < -0.39 is 17.6 Å². The van der Waals surface area contributed by atoms with Crippen molar-refractivity contribution in [2.24, 2.45) is 0 Å². The topological polar surface area (TPSA) is 117 Å². The Kier molecular flexibility index (Phi) is 7.35. The molecule has 1 N–H and O–H groups in total. The summed E-state index contributed by atoms with van der Waals surface area (Å²) in [7, 11) is 0. The molecule has 2 aromatic heterocycles. The third kappa shape index (κ3) is 5.22. The molecule has 2 aromatic carbocycles. The number of nitriles is 1. The van der Waals surface area contributed by atoms with Gasteiger partial charge in [0.15, 0.2) is 5.82 Å². The van der Waals surface area contributed by atoms with Crippen molar-refractivity contribution < 1.29 is 28.2 Å². The molecule has 4 aromatic rings. The van der Waals surface area contributed by atoms with Gasteiger partial charge in [0.1, 0.15) is 29.6 Å². The Morgan fingerprint density at radius 2 is 1.91 bits per heavy atom. The summed E-state index contributed by atoms with van der Waals surface area (Å²) in [5.41, 5.74) is 1.14. The van der Waals surface area contributed by atoms with Crippen molar-refractivity contribution in [3.05, 3.63) is 82.7 Å². The van der Waals surface area contributed by atoms with Crippen LogP contribution in [0.2, 0.25) is 0 Å². The highest BCUT2D eigenvalue weighted by atomic mass is 19.1. The van der Waals surface area contributed by atoms with Crippen LogP contribution in [0.5, 0.6) is 5.88 Å². The van der Waals surface area contributed by atoms with Gasteiger partial charge in [-0.15, -0.1) is 0 Å². The first kappa shape index (κ1) is 28.2. The van der Waals surface area contributed by atoms with Crippen molar-refractivity contribution in [2.45, 2.75) is 57.1 Å². The first-order valence-corrected chi connectivity index (χ1v) is 14.7. The number of carboxylic acids is 1. The standard InChI is InChI=1S/C32H30F2N6O4/c33-23-12-19(15-35)4-5-20(23)18-44-30-3-1-2-28(36-30)39-10-9-38(25-6-7-26(25)39)17-29-37-31-24(34)13-21(32(41)42)14-27(31)40(29)16-22-8-11-43-22/h1-5,12-14,22,25-26H,6-11,16-18H2,(H,41,42)/t22-,25-,26-/m0/s1. The molecule has 12 heteroatoms. The molecule has 0 unspecified atom stereocenters. The van der Waals surface area contributed by atoms with E-state index in [2.05, 4.69) is 14.8 Å². The fourth-order valence-corrected chi connectivity index (χ4v) is 6.32. The summed E-state index contributed by atoms with van der Waals surface area (Å²) in [5, 5.41) is 18.5. The van der Waals surface area contributed by atoms with Gasteiger partial charge in [-0.3, -0.25) is 4.90 Å². The van der Waals surface area contributed by atoms with Crippen LogP contribution in [0.25, 0.3) is 11.0 Å². The first-order chi connectivity index (χ1) is 21.4. The molecule has 0 radical (unpaired) electrons. The minimum atomic E-state index is -1.18. The minimum absolute atomic E-state index is 0.00469. The fourth-order valence-electron chi connectivity index (χ4n) is 6.32. The number of ether oxygens (including phenoxy) is 2. The van der Waals surface area contributed by atoms with Crippen molar-refractivity contribution in [3.8, 4) is 11.9 Å². The number of imidazole rings is 1. The third-order valence-electron chi connectivity index (χ3n) is 8.92. The maximum absolute atomic E-state index is 15.0. The highest BCUT2D eigenvalue weighted by Crippen LogP contribution is 2.37. The molecule has 1 aliphatic carbocycles. The van der Waals surface area contributed by atoms with Crippen molar-refractivity contribution in [1.29, 1.82) is 5.26 Å². The molecule has 4 heterocycles. The number of carboxylic acid groups (broad SMARTS) is 1. The van der Waals surface area contributed by atoms with E-state index in [1.165, 1.54) is 12.1 Å². The van der Waals surface area contributed by atoms with E-state index in [0.29, 0.717) is 49.0 Å². The molecule has 3 fully saturated rings. The number of hydrogen-bond acceptors (Lipinski definition) is 8. The minimum Gasteiger partial charge on any atom is -0.478 e. The number of halogens is 2. The molecule has 2 saturated heterocycles. The van der Waals surface area contributed by atoms with E-state index in [0.717, 1.165) is 37.7 Å². The van der Waals surface area contributed by atoms with Crippen molar-refractivity contribution in [3.63, 3.8) is 0 Å². The van der Waals surface area contributed by atoms with E-state index >= 15 is 0 Å². The quantitative estimate of drug-likeness (QED) is 0.296. The van der Waals surface area contributed by atoms with Crippen LogP contribution in [-0.2, 0) is 24.4 Å². The number of nitrogens with zero attached hydrogens (tertiary/aromatic N) is 6. The van der Waals surface area contributed by atoms with Gasteiger partial charge in [-0.2, -0.15) is 10.2 Å². The molecule has 0 amide bonds. The summed E-state index contributed by atoms with van der Waals surface area (Å²) < 4.78 is 42.7. The van der Waals surface area contributed by atoms with Crippen molar-refractivity contribution in [1.82, 2.24) is 19.4 Å². The van der Waals surface area contributed by atoms with E-state index in [-0.39, 0.29) is 41.4 Å². The van der Waals surface area contributed by atoms with Crippen LogP contribution in [0, 0.1) is 23.0 Å². The summed E-state index contributed by atoms with van der Waals surface area (Å²) in [6.45, 7) is 3.12. The second-order valence-electron chi connectivity index (χ2n) is 11.5. The summed E-state index contributed by atoms with van der Waals surface area (Å²) in [5.74, 6) is -0.449. The molecule has 226 valence electrons. The average molecular weight is 601 g/mol. The number of hydrogen-bond donors (Lipinski definition) is 1. The Morgan fingerprint density at radius 3 is 2.61 bits per heavy atom. The average Bonchev–Trinajstić information content (AvgIpc) is 3.32. The Morgan fingerprint density at radius 1 is 1.07 bits per heavy atom. The molecule has 1 saturated carbocycles. The number of benzene rings is 2. The van der Waals surface area contributed by atoms with Crippen LogP contribution < -0.4 is 9.64 Å². The van der Waals surface area contributed by atoms with Crippen LogP contribution >= 0.6 is 0 Å². The van der Waals surface area contributed by atoms with E-state index in [4.69, 9.17) is 19.7 Å². The van der Waals surface area contributed by atoms with Gasteiger partial charge in [-0.25, -0.2) is 18.6 Å². The Bertz CT molecular complexity index is 1780. The van der Waals surface area contributed by atoms with Crippen LogP contribution in [0.4, 0.5) is 14.6 Å². The fraction of sp³-hybridized carbons (Fsp3) is 0.375. The molecule has 0 bridgehead atoms. The predicted octanol–water partition coefficient (Wildman–Crippen LogP) is 4.50. The van der Waals surface area contributed by atoms with Gasteiger partial charge < -0.3 is 24.0 Å². The molecular weight excluding hydrogens is 570 g/mol. The van der Waals surface area contributed by atoms with Gasteiger partial charge in [0.2, 0.25) is 5.88 Å². The summed E-state index contributed by atoms with van der Waals surface area (Å²) in [4.78, 5) is 25.7. The van der Waals surface area contributed by atoms with Crippen LogP contribution in [0.15, 0.2) is 48.5 Å². The number of piperazine rings is 1. The third-order valence-corrected chi connectivity index (χ3v) is 8.92. The van der Waals surface area contributed by atoms with Crippen molar-refractivity contribution >= 4 is 22.8 Å². The van der Waals surface area contributed by atoms with Crippen LogP contribution in [-0.4, -0.2) is 68.4 Å². The van der Waals surface area contributed by atoms with Gasteiger partial charge in [-0.1, -0.05) is 12.1 Å².